The normalized spacial score (nSPS) is 26.8. The Labute approximate surface area is 310 Å². The van der Waals surface area contributed by atoms with Crippen LogP contribution in [0.15, 0.2) is 22.2 Å². The van der Waals surface area contributed by atoms with E-state index in [0.29, 0.717) is 0 Å². The zero-order valence-corrected chi connectivity index (χ0v) is 31.6. The molecule has 11 N–H and O–H groups in total. The van der Waals surface area contributed by atoms with E-state index >= 15 is 0 Å². The highest BCUT2D eigenvalue weighted by Gasteiger charge is 2.52. The summed E-state index contributed by atoms with van der Waals surface area (Å²) < 4.78 is 59.0. The standard InChI is InChI=1S/C21H28N10O15P2.C6H15N/c1-41-13-12(7(3-42-47(36,37)38)45-19(13)31-5-25-9-15(31)27-21(23)29-17(9)35)46-48(39,40)43-2-6-10(32)11(33)18(44-6)30-4-24-8-14(30)26-20(22)28-16(8)34;1-4-7(5-2)6-3/h4-7,10-13,18-19,32-33H,2-3H2,1H3,(H,39,40)(H2,36,37,38)(H3,22,26,28,34)(H3,23,27,29,35);4-6H2,1-3H3/t6-,7-,10-,11-,12-,13-,18-,19-;/m1./s1. The lowest BCUT2D eigenvalue weighted by atomic mass is 10.1. The van der Waals surface area contributed by atoms with Gasteiger partial charge in [-0.3, -0.25) is 42.3 Å². The number of aliphatic hydroxyl groups is 2. The van der Waals surface area contributed by atoms with Gasteiger partial charge in [-0.1, -0.05) is 20.8 Å². The molecule has 4 aromatic heterocycles. The first-order valence-corrected chi connectivity index (χ1v) is 19.7. The fourth-order valence-electron chi connectivity index (χ4n) is 5.99. The summed E-state index contributed by atoms with van der Waals surface area (Å²) in [7, 11) is -9.10. The Morgan fingerprint density at radius 3 is 1.76 bits per heavy atom. The van der Waals surface area contributed by atoms with Crippen LogP contribution in [0, 0.1) is 0 Å². The number of phosphoric acid groups is 2. The van der Waals surface area contributed by atoms with Crippen molar-refractivity contribution >= 4 is 49.9 Å². The molecule has 306 valence electrons. The first-order chi connectivity index (χ1) is 25.9. The number of phosphoric ester groups is 2. The van der Waals surface area contributed by atoms with Crippen LogP contribution in [0.4, 0.5) is 11.9 Å². The maximum Gasteiger partial charge on any atom is 0.472 e. The van der Waals surface area contributed by atoms with Crippen LogP contribution in [0.5, 0.6) is 0 Å². The summed E-state index contributed by atoms with van der Waals surface area (Å²) in [6.07, 6.45) is -9.78. The van der Waals surface area contributed by atoms with E-state index in [-0.39, 0.29) is 34.2 Å². The molecule has 2 saturated heterocycles. The average molecular weight is 824 g/mol. The number of anilines is 2. The third-order valence-electron chi connectivity index (χ3n) is 8.75. The Balaban J connectivity index is 0.000000757. The van der Waals surface area contributed by atoms with Crippen molar-refractivity contribution in [2.75, 3.05) is 51.4 Å². The van der Waals surface area contributed by atoms with E-state index in [1.807, 2.05) is 0 Å². The molecule has 0 saturated carbocycles. The van der Waals surface area contributed by atoms with Crippen LogP contribution in [0.25, 0.3) is 22.3 Å². The van der Waals surface area contributed by atoms with Crippen LogP contribution in [0.2, 0.25) is 0 Å². The van der Waals surface area contributed by atoms with Crippen LogP contribution in [0.3, 0.4) is 0 Å². The molecular formula is C27H43N11O15P2. The average Bonchev–Trinajstić information content (AvgIpc) is 3.88. The van der Waals surface area contributed by atoms with E-state index in [4.69, 9.17) is 34.7 Å². The number of nitrogens with zero attached hydrogens (tertiary/aromatic N) is 7. The largest absolute Gasteiger partial charge is 0.472 e. The molecule has 1 unspecified atom stereocenters. The lowest BCUT2D eigenvalue weighted by Gasteiger charge is -2.26. The monoisotopic (exact) mass is 823 g/mol. The maximum absolute atomic E-state index is 13.2. The number of nitrogen functional groups attached to an aromatic ring is 2. The Morgan fingerprint density at radius 1 is 0.800 bits per heavy atom. The highest BCUT2D eigenvalue weighted by Crippen LogP contribution is 2.50. The second-order valence-corrected chi connectivity index (χ2v) is 14.7. The van der Waals surface area contributed by atoms with Gasteiger partial charge in [0.05, 0.1) is 25.9 Å². The number of ether oxygens (including phenoxy) is 3. The number of methoxy groups -OCH3 is 1. The van der Waals surface area contributed by atoms with Gasteiger partial charge >= 0.3 is 15.6 Å². The summed E-state index contributed by atoms with van der Waals surface area (Å²) in [5.74, 6) is -0.532. The van der Waals surface area contributed by atoms with Crippen molar-refractivity contribution in [2.45, 2.75) is 69.9 Å². The van der Waals surface area contributed by atoms with Gasteiger partial charge in [-0.2, -0.15) is 9.97 Å². The van der Waals surface area contributed by atoms with Gasteiger partial charge in [-0.05, 0) is 19.6 Å². The Hall–Kier alpha value is -3.72. The number of H-pyrrole nitrogens is 2. The molecule has 0 aliphatic carbocycles. The van der Waals surface area contributed by atoms with E-state index in [1.165, 1.54) is 31.3 Å². The van der Waals surface area contributed by atoms with E-state index in [9.17, 15) is 43.6 Å². The van der Waals surface area contributed by atoms with Crippen molar-refractivity contribution in [3.63, 3.8) is 0 Å². The van der Waals surface area contributed by atoms with Gasteiger partial charge in [0.1, 0.15) is 36.6 Å². The number of rotatable bonds is 14. The molecule has 0 aromatic carbocycles. The molecule has 4 aromatic rings. The van der Waals surface area contributed by atoms with Crippen molar-refractivity contribution in [2.24, 2.45) is 0 Å². The summed E-state index contributed by atoms with van der Waals surface area (Å²) >= 11 is 0. The van der Waals surface area contributed by atoms with Gasteiger partial charge in [-0.25, -0.2) is 19.1 Å². The van der Waals surface area contributed by atoms with Gasteiger partial charge in [0, 0.05) is 7.11 Å². The van der Waals surface area contributed by atoms with Gasteiger partial charge in [0.15, 0.2) is 34.8 Å². The summed E-state index contributed by atoms with van der Waals surface area (Å²) in [4.78, 5) is 76.4. The van der Waals surface area contributed by atoms with Gasteiger partial charge < -0.3 is 55.5 Å². The number of hydrogen-bond acceptors (Lipinski definition) is 19. The number of aromatic nitrogens is 8. The Kier molecular flexibility index (Phi) is 13.3. The van der Waals surface area contributed by atoms with E-state index in [2.05, 4.69) is 60.1 Å². The van der Waals surface area contributed by atoms with Gasteiger partial charge in [0.2, 0.25) is 11.9 Å². The fraction of sp³-hybridized carbons (Fsp3) is 0.630. The highest BCUT2D eigenvalue weighted by atomic mass is 31.2. The molecule has 55 heavy (non-hydrogen) atoms. The molecule has 0 bridgehead atoms. The molecule has 0 radical (unpaired) electrons. The van der Waals surface area contributed by atoms with Gasteiger partial charge in [0.25, 0.3) is 11.1 Å². The fourth-order valence-corrected chi connectivity index (χ4v) is 7.29. The minimum absolute atomic E-state index is 0.0802. The Morgan fingerprint density at radius 2 is 1.29 bits per heavy atom. The van der Waals surface area contributed by atoms with Crippen molar-refractivity contribution < 1.29 is 61.8 Å². The van der Waals surface area contributed by atoms with Crippen molar-refractivity contribution in [1.29, 1.82) is 0 Å². The lowest BCUT2D eigenvalue weighted by molar-refractivity contribution is -0.0582. The van der Waals surface area contributed by atoms with Crippen molar-refractivity contribution in [3.05, 3.63) is 33.4 Å². The molecular weight excluding hydrogens is 780 g/mol. The molecule has 26 nitrogen and oxygen atoms in total. The molecule has 6 heterocycles. The van der Waals surface area contributed by atoms with Crippen molar-refractivity contribution in [3.8, 4) is 0 Å². The molecule has 2 aliphatic heterocycles. The van der Waals surface area contributed by atoms with E-state index in [1.54, 1.807) is 0 Å². The third-order valence-corrected chi connectivity index (χ3v) is 10.2. The zero-order valence-electron chi connectivity index (χ0n) is 29.8. The predicted molar refractivity (Wildman–Crippen MR) is 188 cm³/mol. The first-order valence-electron chi connectivity index (χ1n) is 16.6. The van der Waals surface area contributed by atoms with E-state index in [0.717, 1.165) is 17.2 Å². The van der Waals surface area contributed by atoms with Crippen LogP contribution >= 0.6 is 15.6 Å². The number of imidazole rings is 2. The highest BCUT2D eigenvalue weighted by molar-refractivity contribution is 7.47. The second-order valence-electron chi connectivity index (χ2n) is 12.1. The van der Waals surface area contributed by atoms with Crippen molar-refractivity contribution in [1.82, 2.24) is 43.9 Å². The summed E-state index contributed by atoms with van der Waals surface area (Å²) in [5.41, 5.74) is 9.44. The summed E-state index contributed by atoms with van der Waals surface area (Å²) in [6, 6.07) is 0. The number of aromatic amines is 2. The molecule has 0 amide bonds. The summed E-state index contributed by atoms with van der Waals surface area (Å²) in [5, 5.41) is 21.3. The van der Waals surface area contributed by atoms with Crippen LogP contribution in [-0.4, -0.2) is 145 Å². The SMILES string of the molecule is CCN(CC)CC.CO[C@@H]1[C@H](OP(=O)(O)OC[C@H]2O[C@@H](n3cnc4c(=O)[nH]c(N)nc43)[C@H](O)[C@@H]2O)[C@@H](COP(=O)(O)O)O[C@H]1n1cnc2c(=O)[nH]c(N)nc21. The number of aliphatic hydroxyl groups excluding tert-OH is 2. The minimum atomic E-state index is -5.18. The molecule has 2 fully saturated rings. The topological polar surface area (TPSA) is 373 Å². The Bertz CT molecular complexity index is 2150. The maximum atomic E-state index is 13.2. The van der Waals surface area contributed by atoms with Crippen LogP contribution in [0.1, 0.15) is 33.2 Å². The number of nitrogens with two attached hydrogens (primary N) is 2. The summed E-state index contributed by atoms with van der Waals surface area (Å²) in [6.45, 7) is 8.40. The molecule has 0 spiro atoms. The minimum Gasteiger partial charge on any atom is -0.387 e. The second kappa shape index (κ2) is 17.2. The zero-order chi connectivity index (χ0) is 40.4. The predicted octanol–water partition coefficient (Wildman–Crippen LogP) is -2.09. The quantitative estimate of drug-likeness (QED) is 0.0615. The number of nitrogens with one attached hydrogen (secondary N) is 2. The number of fused-ring (bicyclic) bond motifs is 2. The molecule has 9 atom stereocenters. The van der Waals surface area contributed by atoms with E-state index < -0.39 is 89.1 Å². The lowest BCUT2D eigenvalue weighted by Crippen LogP contribution is -2.38. The molecule has 2 aliphatic rings. The molecule has 6 rings (SSSR count). The van der Waals surface area contributed by atoms with Crippen LogP contribution in [-0.2, 0) is 36.9 Å². The third kappa shape index (κ3) is 9.46. The molecule has 28 heteroatoms. The number of hydrogen-bond donors (Lipinski definition) is 9. The smallest absolute Gasteiger partial charge is 0.387 e. The first kappa shape index (κ1) is 42.4. The van der Waals surface area contributed by atoms with Crippen LogP contribution < -0.4 is 22.6 Å². The van der Waals surface area contributed by atoms with Gasteiger partial charge in [-0.15, -0.1) is 0 Å².